The molecule has 2 rings (SSSR count). The third kappa shape index (κ3) is 3.69. The van der Waals surface area contributed by atoms with E-state index >= 15 is 0 Å². The lowest BCUT2D eigenvalue weighted by molar-refractivity contribution is 0.405. The van der Waals surface area contributed by atoms with E-state index in [2.05, 4.69) is 11.5 Å². The van der Waals surface area contributed by atoms with E-state index in [1.165, 1.54) is 0 Å². The summed E-state index contributed by atoms with van der Waals surface area (Å²) >= 11 is 12.5. The van der Waals surface area contributed by atoms with Gasteiger partial charge in [-0.25, -0.2) is 0 Å². The van der Waals surface area contributed by atoms with Gasteiger partial charge in [0.05, 0.1) is 13.2 Å². The molecule has 2 aromatic carbocycles. The molecule has 0 aliphatic carbocycles. The predicted octanol–water partition coefficient (Wildman–Crippen LogP) is 4.06. The zero-order valence-electron chi connectivity index (χ0n) is 12.0. The van der Waals surface area contributed by atoms with Crippen LogP contribution in [0.25, 0.3) is 0 Å². The van der Waals surface area contributed by atoms with Crippen LogP contribution in [-0.2, 0) is 6.42 Å². The summed E-state index contributed by atoms with van der Waals surface area (Å²) in [6.45, 7) is 2.04. The SMILES string of the molecule is COc1ccc(C)cc1CC(NN)c1c(Cl)cccc1Cl. The van der Waals surface area contributed by atoms with E-state index in [-0.39, 0.29) is 6.04 Å². The minimum Gasteiger partial charge on any atom is -0.496 e. The van der Waals surface area contributed by atoms with Gasteiger partial charge in [0.15, 0.2) is 0 Å². The molecule has 0 spiro atoms. The number of nitrogens with one attached hydrogen (secondary N) is 1. The lowest BCUT2D eigenvalue weighted by Gasteiger charge is -2.20. The van der Waals surface area contributed by atoms with Crippen LogP contribution >= 0.6 is 23.2 Å². The van der Waals surface area contributed by atoms with E-state index < -0.39 is 0 Å². The van der Waals surface area contributed by atoms with Gasteiger partial charge in [-0.05, 0) is 37.1 Å². The molecule has 21 heavy (non-hydrogen) atoms. The summed E-state index contributed by atoms with van der Waals surface area (Å²) in [6, 6.07) is 11.3. The van der Waals surface area contributed by atoms with Crippen LogP contribution < -0.4 is 16.0 Å². The summed E-state index contributed by atoms with van der Waals surface area (Å²) in [5.41, 5.74) is 5.80. The second-order valence-electron chi connectivity index (χ2n) is 4.87. The van der Waals surface area contributed by atoms with Crippen molar-refractivity contribution in [3.8, 4) is 5.75 Å². The summed E-state index contributed by atoms with van der Waals surface area (Å²) in [5, 5.41) is 1.19. The van der Waals surface area contributed by atoms with Crippen molar-refractivity contribution in [3.05, 3.63) is 63.1 Å². The van der Waals surface area contributed by atoms with Crippen molar-refractivity contribution in [1.82, 2.24) is 5.43 Å². The van der Waals surface area contributed by atoms with Crippen LogP contribution in [0.5, 0.6) is 5.75 Å². The van der Waals surface area contributed by atoms with Crippen LogP contribution in [0, 0.1) is 6.92 Å². The average molecular weight is 325 g/mol. The molecular formula is C16H18Cl2N2O. The van der Waals surface area contributed by atoms with Gasteiger partial charge in [-0.15, -0.1) is 0 Å². The zero-order valence-corrected chi connectivity index (χ0v) is 13.5. The smallest absolute Gasteiger partial charge is 0.122 e. The normalized spacial score (nSPS) is 12.2. The molecule has 3 N–H and O–H groups in total. The third-order valence-corrected chi connectivity index (χ3v) is 4.07. The molecule has 0 fully saturated rings. The molecule has 0 heterocycles. The van der Waals surface area contributed by atoms with Crippen LogP contribution in [-0.4, -0.2) is 7.11 Å². The molecule has 0 saturated carbocycles. The van der Waals surface area contributed by atoms with Gasteiger partial charge in [0.25, 0.3) is 0 Å². The summed E-state index contributed by atoms with van der Waals surface area (Å²) in [5.74, 6) is 6.54. The van der Waals surface area contributed by atoms with Crippen LogP contribution in [0.4, 0.5) is 0 Å². The molecule has 1 atom stereocenters. The number of halogens is 2. The molecule has 0 amide bonds. The Bertz CT molecular complexity index is 611. The summed E-state index contributed by atoms with van der Waals surface area (Å²) in [6.07, 6.45) is 0.630. The highest BCUT2D eigenvalue weighted by Crippen LogP contribution is 2.33. The third-order valence-electron chi connectivity index (χ3n) is 3.41. The number of hydrazine groups is 1. The van der Waals surface area contributed by atoms with E-state index in [1.54, 1.807) is 19.2 Å². The van der Waals surface area contributed by atoms with E-state index in [1.807, 2.05) is 25.1 Å². The largest absolute Gasteiger partial charge is 0.496 e. The average Bonchev–Trinajstić information content (AvgIpc) is 2.46. The highest BCUT2D eigenvalue weighted by molar-refractivity contribution is 6.36. The lowest BCUT2D eigenvalue weighted by atomic mass is 9.97. The first kappa shape index (κ1) is 16.1. The number of rotatable bonds is 5. The van der Waals surface area contributed by atoms with E-state index in [0.717, 1.165) is 22.4 Å². The second-order valence-corrected chi connectivity index (χ2v) is 5.69. The van der Waals surface area contributed by atoms with Gasteiger partial charge >= 0.3 is 0 Å². The Kier molecular flexibility index (Phi) is 5.48. The Balaban J connectivity index is 2.38. The monoisotopic (exact) mass is 324 g/mol. The fraction of sp³-hybridized carbons (Fsp3) is 0.250. The van der Waals surface area contributed by atoms with Gasteiger partial charge in [0, 0.05) is 15.6 Å². The molecule has 5 heteroatoms. The molecule has 0 radical (unpaired) electrons. The molecule has 0 aliphatic rings. The first-order valence-corrected chi connectivity index (χ1v) is 7.36. The van der Waals surface area contributed by atoms with Crippen molar-refractivity contribution < 1.29 is 4.74 Å². The highest BCUT2D eigenvalue weighted by atomic mass is 35.5. The fourth-order valence-electron chi connectivity index (χ4n) is 2.37. The number of methoxy groups -OCH3 is 1. The topological polar surface area (TPSA) is 47.3 Å². The van der Waals surface area contributed by atoms with Crippen LogP contribution in [0.2, 0.25) is 10.0 Å². The summed E-state index contributed by atoms with van der Waals surface area (Å²) in [4.78, 5) is 0. The van der Waals surface area contributed by atoms with E-state index in [0.29, 0.717) is 16.5 Å². The Morgan fingerprint density at radius 3 is 2.43 bits per heavy atom. The summed E-state index contributed by atoms with van der Waals surface area (Å²) in [7, 11) is 1.65. The van der Waals surface area contributed by atoms with Crippen molar-refractivity contribution in [2.75, 3.05) is 7.11 Å². The lowest BCUT2D eigenvalue weighted by Crippen LogP contribution is -2.30. The molecule has 0 aromatic heterocycles. The minimum absolute atomic E-state index is 0.193. The van der Waals surface area contributed by atoms with E-state index in [9.17, 15) is 0 Å². The molecular weight excluding hydrogens is 307 g/mol. The highest BCUT2D eigenvalue weighted by Gasteiger charge is 2.19. The quantitative estimate of drug-likeness (QED) is 0.644. The van der Waals surface area contributed by atoms with Crippen molar-refractivity contribution in [2.24, 2.45) is 5.84 Å². The Morgan fingerprint density at radius 2 is 1.86 bits per heavy atom. The molecule has 0 aliphatic heterocycles. The zero-order chi connectivity index (χ0) is 15.4. The van der Waals surface area contributed by atoms with Crippen molar-refractivity contribution in [2.45, 2.75) is 19.4 Å². The number of ether oxygens (including phenoxy) is 1. The Hall–Kier alpha value is -1.26. The van der Waals surface area contributed by atoms with Crippen molar-refractivity contribution in [3.63, 3.8) is 0 Å². The molecule has 112 valence electrons. The number of hydrogen-bond donors (Lipinski definition) is 2. The maximum Gasteiger partial charge on any atom is 0.122 e. The van der Waals surface area contributed by atoms with Gasteiger partial charge in [-0.3, -0.25) is 11.3 Å². The van der Waals surface area contributed by atoms with Gasteiger partial charge < -0.3 is 4.74 Å². The second kappa shape index (κ2) is 7.14. The van der Waals surface area contributed by atoms with Crippen LogP contribution in [0.1, 0.15) is 22.7 Å². The van der Waals surface area contributed by atoms with Gasteiger partial charge in [0.1, 0.15) is 5.75 Å². The Labute approximate surface area is 135 Å². The number of nitrogens with two attached hydrogens (primary N) is 1. The van der Waals surface area contributed by atoms with Gasteiger partial charge in [0.2, 0.25) is 0 Å². The molecule has 3 nitrogen and oxygen atoms in total. The first-order chi connectivity index (χ1) is 10.1. The minimum atomic E-state index is -0.193. The van der Waals surface area contributed by atoms with Crippen molar-refractivity contribution >= 4 is 23.2 Å². The summed E-state index contributed by atoms with van der Waals surface area (Å²) < 4.78 is 5.41. The number of hydrogen-bond acceptors (Lipinski definition) is 3. The van der Waals surface area contributed by atoms with Gasteiger partial charge in [-0.1, -0.05) is 47.0 Å². The number of benzene rings is 2. The molecule has 0 saturated heterocycles. The molecule has 1 unspecified atom stereocenters. The maximum absolute atomic E-state index is 6.26. The van der Waals surface area contributed by atoms with E-state index in [4.69, 9.17) is 33.8 Å². The fourth-order valence-corrected chi connectivity index (χ4v) is 3.04. The van der Waals surface area contributed by atoms with Gasteiger partial charge in [-0.2, -0.15) is 0 Å². The number of aryl methyl sites for hydroxylation is 1. The van der Waals surface area contributed by atoms with Crippen LogP contribution in [0.15, 0.2) is 36.4 Å². The molecule has 0 bridgehead atoms. The maximum atomic E-state index is 6.26. The van der Waals surface area contributed by atoms with Crippen LogP contribution in [0.3, 0.4) is 0 Å². The van der Waals surface area contributed by atoms with Crippen molar-refractivity contribution in [1.29, 1.82) is 0 Å². The predicted molar refractivity (Wildman–Crippen MR) is 88.0 cm³/mol. The molecule has 2 aromatic rings. The Morgan fingerprint density at radius 1 is 1.19 bits per heavy atom. The first-order valence-electron chi connectivity index (χ1n) is 6.60. The standard InChI is InChI=1S/C16H18Cl2N2O/c1-10-6-7-15(21-2)11(8-10)9-14(20-19)16-12(17)4-3-5-13(16)18/h3-8,14,20H,9,19H2,1-2H3.